The van der Waals surface area contributed by atoms with Crippen LogP contribution in [0, 0.1) is 13.8 Å². The van der Waals surface area contributed by atoms with Gasteiger partial charge in [-0.15, -0.1) is 24.0 Å². The molecule has 2 aromatic rings. The number of benzene rings is 1. The van der Waals surface area contributed by atoms with Crippen LogP contribution in [0.3, 0.4) is 0 Å². The van der Waals surface area contributed by atoms with Crippen molar-refractivity contribution in [3.05, 3.63) is 58.9 Å². The number of aryl methyl sites for hydroxylation is 2. The molecular formula is C18H25IN4O2S. The summed E-state index contributed by atoms with van der Waals surface area (Å²) in [7, 11) is -1.49. The van der Waals surface area contributed by atoms with Gasteiger partial charge < -0.3 is 10.6 Å². The van der Waals surface area contributed by atoms with Crippen molar-refractivity contribution in [3.8, 4) is 0 Å². The van der Waals surface area contributed by atoms with Crippen LogP contribution in [0.1, 0.15) is 22.5 Å². The number of aromatic nitrogens is 1. The van der Waals surface area contributed by atoms with Crippen LogP contribution in [0.2, 0.25) is 0 Å². The maximum Gasteiger partial charge on any atom is 0.191 e. The van der Waals surface area contributed by atoms with Gasteiger partial charge in [0.15, 0.2) is 15.8 Å². The van der Waals surface area contributed by atoms with E-state index in [9.17, 15) is 8.42 Å². The molecule has 2 rings (SSSR count). The lowest BCUT2D eigenvalue weighted by Gasteiger charge is -2.13. The monoisotopic (exact) mass is 488 g/mol. The first-order valence-corrected chi connectivity index (χ1v) is 9.85. The number of rotatable bonds is 5. The van der Waals surface area contributed by atoms with Crippen molar-refractivity contribution in [2.24, 2.45) is 4.99 Å². The van der Waals surface area contributed by atoms with Crippen molar-refractivity contribution in [1.82, 2.24) is 15.6 Å². The van der Waals surface area contributed by atoms with Crippen molar-refractivity contribution < 1.29 is 8.42 Å². The third-order valence-electron chi connectivity index (χ3n) is 3.71. The second kappa shape index (κ2) is 9.86. The van der Waals surface area contributed by atoms with Crippen LogP contribution < -0.4 is 10.6 Å². The van der Waals surface area contributed by atoms with Gasteiger partial charge in [0.25, 0.3) is 0 Å². The van der Waals surface area contributed by atoms with Crippen molar-refractivity contribution >= 4 is 39.8 Å². The Labute approximate surface area is 172 Å². The number of nitrogens with one attached hydrogen (secondary N) is 2. The quantitative estimate of drug-likeness (QED) is 0.384. The zero-order chi connectivity index (χ0) is 18.4. The minimum Gasteiger partial charge on any atom is -0.352 e. The van der Waals surface area contributed by atoms with Crippen LogP contribution in [0.4, 0.5) is 0 Å². The van der Waals surface area contributed by atoms with Gasteiger partial charge in [0.1, 0.15) is 0 Å². The van der Waals surface area contributed by atoms with Crippen LogP contribution in [-0.4, -0.2) is 32.7 Å². The van der Waals surface area contributed by atoms with E-state index in [4.69, 9.17) is 0 Å². The number of hydrogen-bond donors (Lipinski definition) is 2. The fourth-order valence-electron chi connectivity index (χ4n) is 2.52. The Kier molecular flexibility index (Phi) is 8.48. The largest absolute Gasteiger partial charge is 0.352 e. The lowest BCUT2D eigenvalue weighted by atomic mass is 10.1. The molecule has 0 fully saturated rings. The third kappa shape index (κ3) is 6.56. The molecule has 0 atom stereocenters. The molecule has 0 aliphatic carbocycles. The van der Waals surface area contributed by atoms with E-state index in [-0.39, 0.29) is 24.0 Å². The molecule has 0 amide bonds. The standard InChI is InChI=1S/C18H24N4O2S.HI/c1-13-10-15(8-9-17(13)25(4,23)24)11-20-18(19-3)21-12-16-7-5-6-14(2)22-16;/h5-10H,11-12H2,1-4H3,(H2,19,20,21);1H. The molecular weight excluding hydrogens is 463 g/mol. The molecule has 0 unspecified atom stereocenters. The molecule has 0 radical (unpaired) electrons. The minimum absolute atomic E-state index is 0. The average molecular weight is 488 g/mol. The molecule has 0 saturated carbocycles. The Morgan fingerprint density at radius 3 is 2.38 bits per heavy atom. The van der Waals surface area contributed by atoms with E-state index in [2.05, 4.69) is 20.6 Å². The van der Waals surface area contributed by atoms with Crippen LogP contribution in [0.5, 0.6) is 0 Å². The molecule has 1 aromatic heterocycles. The highest BCUT2D eigenvalue weighted by atomic mass is 127. The lowest BCUT2D eigenvalue weighted by Crippen LogP contribution is -2.36. The number of halogens is 1. The molecule has 1 heterocycles. The van der Waals surface area contributed by atoms with Crippen LogP contribution >= 0.6 is 24.0 Å². The lowest BCUT2D eigenvalue weighted by molar-refractivity contribution is 0.601. The fourth-order valence-corrected chi connectivity index (χ4v) is 3.48. The summed E-state index contributed by atoms with van der Waals surface area (Å²) in [4.78, 5) is 9.00. The Morgan fingerprint density at radius 1 is 1.12 bits per heavy atom. The summed E-state index contributed by atoms with van der Waals surface area (Å²) in [6, 6.07) is 11.2. The molecule has 0 aliphatic heterocycles. The van der Waals surface area contributed by atoms with E-state index >= 15 is 0 Å². The van der Waals surface area contributed by atoms with Gasteiger partial charge in [-0.25, -0.2) is 8.42 Å². The highest BCUT2D eigenvalue weighted by Crippen LogP contribution is 2.16. The number of aliphatic imine (C=N–C) groups is 1. The van der Waals surface area contributed by atoms with Gasteiger partial charge in [0, 0.05) is 25.5 Å². The minimum atomic E-state index is -3.19. The summed E-state index contributed by atoms with van der Waals surface area (Å²) in [5, 5.41) is 6.43. The van der Waals surface area contributed by atoms with E-state index in [0.717, 1.165) is 22.5 Å². The first-order valence-electron chi connectivity index (χ1n) is 7.96. The molecule has 2 N–H and O–H groups in total. The van der Waals surface area contributed by atoms with E-state index in [1.165, 1.54) is 6.26 Å². The summed E-state index contributed by atoms with van der Waals surface area (Å²) < 4.78 is 23.3. The predicted octanol–water partition coefficient (Wildman–Crippen LogP) is 2.59. The molecule has 0 aliphatic rings. The topological polar surface area (TPSA) is 83.5 Å². The molecule has 0 spiro atoms. The summed E-state index contributed by atoms with van der Waals surface area (Å²) in [5.74, 6) is 0.660. The Hall–Kier alpha value is -1.68. The Morgan fingerprint density at radius 2 is 1.81 bits per heavy atom. The van der Waals surface area contributed by atoms with Crippen LogP contribution in [0.25, 0.3) is 0 Å². The van der Waals surface area contributed by atoms with Gasteiger partial charge in [0.05, 0.1) is 17.1 Å². The SMILES string of the molecule is CN=C(NCc1ccc(S(C)(=O)=O)c(C)c1)NCc1cccc(C)n1.I. The predicted molar refractivity (Wildman–Crippen MR) is 116 cm³/mol. The van der Waals surface area contributed by atoms with E-state index in [1.807, 2.05) is 37.3 Å². The Bertz CT molecular complexity index is 883. The molecule has 0 saturated heterocycles. The molecule has 8 heteroatoms. The first-order chi connectivity index (χ1) is 11.8. The maximum absolute atomic E-state index is 11.7. The van der Waals surface area contributed by atoms with E-state index < -0.39 is 9.84 Å². The zero-order valence-electron chi connectivity index (χ0n) is 15.4. The van der Waals surface area contributed by atoms with E-state index in [0.29, 0.717) is 23.9 Å². The van der Waals surface area contributed by atoms with Gasteiger partial charge >= 0.3 is 0 Å². The van der Waals surface area contributed by atoms with Gasteiger partial charge in [0.2, 0.25) is 0 Å². The third-order valence-corrected chi connectivity index (χ3v) is 4.96. The van der Waals surface area contributed by atoms with Gasteiger partial charge in [-0.2, -0.15) is 0 Å². The summed E-state index contributed by atoms with van der Waals surface area (Å²) >= 11 is 0. The fraction of sp³-hybridized carbons (Fsp3) is 0.333. The zero-order valence-corrected chi connectivity index (χ0v) is 18.6. The average Bonchev–Trinajstić information content (AvgIpc) is 2.54. The molecule has 26 heavy (non-hydrogen) atoms. The number of pyridine rings is 1. The second-order valence-corrected chi connectivity index (χ2v) is 7.91. The van der Waals surface area contributed by atoms with Crippen molar-refractivity contribution in [2.75, 3.05) is 13.3 Å². The summed E-state index contributed by atoms with van der Waals surface area (Å²) in [6.07, 6.45) is 1.22. The van der Waals surface area contributed by atoms with Gasteiger partial charge in [-0.05, 0) is 43.2 Å². The van der Waals surface area contributed by atoms with Crippen LogP contribution in [0.15, 0.2) is 46.3 Å². The number of guanidine groups is 1. The van der Waals surface area contributed by atoms with E-state index in [1.54, 1.807) is 20.0 Å². The smallest absolute Gasteiger partial charge is 0.191 e. The molecule has 142 valence electrons. The molecule has 1 aromatic carbocycles. The Balaban J connectivity index is 0.00000338. The van der Waals surface area contributed by atoms with Gasteiger partial charge in [-0.1, -0.05) is 18.2 Å². The summed E-state index contributed by atoms with van der Waals surface area (Å²) in [5.41, 5.74) is 3.65. The first kappa shape index (κ1) is 22.4. The van der Waals surface area contributed by atoms with Gasteiger partial charge in [-0.3, -0.25) is 9.98 Å². The highest BCUT2D eigenvalue weighted by molar-refractivity contribution is 14.0. The van der Waals surface area contributed by atoms with Crippen molar-refractivity contribution in [2.45, 2.75) is 31.8 Å². The second-order valence-electron chi connectivity index (χ2n) is 5.92. The number of nitrogens with zero attached hydrogens (tertiary/aromatic N) is 2. The molecule has 0 bridgehead atoms. The van der Waals surface area contributed by atoms with Crippen LogP contribution in [-0.2, 0) is 22.9 Å². The van der Waals surface area contributed by atoms with Crippen molar-refractivity contribution in [1.29, 1.82) is 0 Å². The maximum atomic E-state index is 11.7. The summed E-state index contributed by atoms with van der Waals surface area (Å²) in [6.45, 7) is 4.88. The van der Waals surface area contributed by atoms with Crippen molar-refractivity contribution in [3.63, 3.8) is 0 Å². The highest BCUT2D eigenvalue weighted by Gasteiger charge is 2.11. The molecule has 6 nitrogen and oxygen atoms in total. The number of hydrogen-bond acceptors (Lipinski definition) is 4. The number of sulfone groups is 1. The normalized spacial score (nSPS) is 11.6.